The Morgan fingerprint density at radius 2 is 1.63 bits per heavy atom. The first-order valence-electron chi connectivity index (χ1n) is 14.7. The van der Waals surface area contributed by atoms with Gasteiger partial charge in [0.2, 0.25) is 0 Å². The summed E-state index contributed by atoms with van der Waals surface area (Å²) < 4.78 is 20.7. The molecule has 0 bridgehead atoms. The number of carbonyl (C=O) groups excluding carboxylic acids is 4. The number of aliphatic hydroxyl groups is 1. The van der Waals surface area contributed by atoms with Gasteiger partial charge in [0.15, 0.2) is 0 Å². The first-order chi connectivity index (χ1) is 20.1. The Kier molecular flexibility index (Phi) is 16.9. The fourth-order valence-electron chi connectivity index (χ4n) is 3.79. The van der Waals surface area contributed by atoms with Crippen molar-refractivity contribution in [2.45, 2.75) is 109 Å². The van der Waals surface area contributed by atoms with E-state index in [9.17, 15) is 24.3 Å². The Morgan fingerprint density at radius 3 is 2.23 bits per heavy atom. The first-order valence-corrected chi connectivity index (χ1v) is 18.4. The van der Waals surface area contributed by atoms with E-state index in [-0.39, 0.29) is 32.5 Å². The van der Waals surface area contributed by atoms with E-state index in [1.165, 1.54) is 7.11 Å². The number of methoxy groups -OCH3 is 1. The number of rotatable bonds is 18. The molecule has 3 atom stereocenters. The van der Waals surface area contributed by atoms with Crippen LogP contribution >= 0.6 is 0 Å². The molecular formula is C30H51N3O9Si. The number of unbranched alkanes of at least 4 members (excludes halogenated alkanes) is 1. The lowest BCUT2D eigenvalue weighted by atomic mass is 10.1. The Hall–Kier alpha value is -3.16. The van der Waals surface area contributed by atoms with Gasteiger partial charge in [-0.3, -0.25) is 14.9 Å². The van der Waals surface area contributed by atoms with Crippen LogP contribution in [0.5, 0.6) is 0 Å². The number of hydrogen-bond acceptors (Lipinski definition) is 10. The van der Waals surface area contributed by atoms with Gasteiger partial charge in [-0.05, 0) is 58.1 Å². The largest absolute Gasteiger partial charge is 0.468 e. The molecule has 0 heterocycles. The molecule has 12 nitrogen and oxygen atoms in total. The zero-order valence-corrected chi connectivity index (χ0v) is 27.7. The molecule has 0 aromatic heterocycles. The number of esters is 2. The van der Waals surface area contributed by atoms with Crippen LogP contribution in [0.4, 0.5) is 9.59 Å². The van der Waals surface area contributed by atoms with Crippen molar-refractivity contribution >= 4 is 32.2 Å². The van der Waals surface area contributed by atoms with E-state index < -0.39 is 56.1 Å². The van der Waals surface area contributed by atoms with Crippen molar-refractivity contribution in [1.82, 2.24) is 16.0 Å². The number of amides is 2. The lowest BCUT2D eigenvalue weighted by molar-refractivity contribution is -0.155. The molecule has 0 radical (unpaired) electrons. The number of nitrogens with one attached hydrogen (secondary N) is 3. The monoisotopic (exact) mass is 625 g/mol. The number of benzene rings is 1. The quantitative estimate of drug-likeness (QED) is 0.0615. The van der Waals surface area contributed by atoms with Crippen molar-refractivity contribution in [2.24, 2.45) is 0 Å². The van der Waals surface area contributed by atoms with Crippen molar-refractivity contribution in [3.63, 3.8) is 0 Å². The van der Waals surface area contributed by atoms with E-state index in [0.717, 1.165) is 11.6 Å². The molecule has 0 saturated heterocycles. The molecule has 0 saturated carbocycles. The van der Waals surface area contributed by atoms with Crippen LogP contribution < -0.4 is 16.0 Å². The van der Waals surface area contributed by atoms with Crippen molar-refractivity contribution in [3.05, 3.63) is 35.9 Å². The molecule has 1 aromatic carbocycles. The molecular weight excluding hydrogens is 574 g/mol. The normalized spacial score (nSPS) is 13.7. The van der Waals surface area contributed by atoms with Gasteiger partial charge in [0.1, 0.15) is 24.5 Å². The SMILES string of the molecule is COC(=O)[C@H](CCCCNC(=O)OCc1ccccc1)NC(O)C(CCC(=O)OC(C)(C)C)NC(=O)OCC[Si](C)(C)C. The smallest absolute Gasteiger partial charge is 0.407 e. The predicted molar refractivity (Wildman–Crippen MR) is 165 cm³/mol. The Morgan fingerprint density at radius 1 is 0.953 bits per heavy atom. The van der Waals surface area contributed by atoms with Crippen molar-refractivity contribution < 1.29 is 43.2 Å². The molecule has 1 aromatic rings. The summed E-state index contributed by atoms with van der Waals surface area (Å²) in [5.74, 6) is -1.09. The van der Waals surface area contributed by atoms with Gasteiger partial charge in [0.05, 0.1) is 19.8 Å². The Labute approximate surface area is 256 Å². The predicted octanol–water partition coefficient (Wildman–Crippen LogP) is 4.09. The highest BCUT2D eigenvalue weighted by molar-refractivity contribution is 6.76. The fourth-order valence-corrected chi connectivity index (χ4v) is 4.50. The van der Waals surface area contributed by atoms with Gasteiger partial charge in [-0.1, -0.05) is 50.0 Å². The summed E-state index contributed by atoms with van der Waals surface area (Å²) in [5.41, 5.74) is 0.192. The van der Waals surface area contributed by atoms with Crippen molar-refractivity contribution in [2.75, 3.05) is 20.3 Å². The molecule has 2 unspecified atom stereocenters. The highest BCUT2D eigenvalue weighted by Gasteiger charge is 2.29. The molecule has 2 amide bonds. The number of ether oxygens (including phenoxy) is 4. The van der Waals surface area contributed by atoms with E-state index in [1.54, 1.807) is 20.8 Å². The highest BCUT2D eigenvalue weighted by Crippen LogP contribution is 2.13. The van der Waals surface area contributed by atoms with Crippen LogP contribution in [0, 0.1) is 0 Å². The van der Waals surface area contributed by atoms with E-state index in [2.05, 4.69) is 35.6 Å². The first kappa shape index (κ1) is 37.9. The van der Waals surface area contributed by atoms with Crippen LogP contribution in [0.3, 0.4) is 0 Å². The van der Waals surface area contributed by atoms with Gasteiger partial charge in [-0.2, -0.15) is 0 Å². The maximum Gasteiger partial charge on any atom is 0.407 e. The zero-order chi connectivity index (χ0) is 32.5. The molecule has 1 rings (SSSR count). The maximum absolute atomic E-state index is 12.5. The average Bonchev–Trinajstić information content (AvgIpc) is 2.91. The summed E-state index contributed by atoms with van der Waals surface area (Å²) in [4.78, 5) is 49.3. The molecule has 0 spiro atoms. The molecule has 0 aliphatic heterocycles. The van der Waals surface area contributed by atoms with Crippen LogP contribution in [0.15, 0.2) is 30.3 Å². The number of carbonyl (C=O) groups is 4. The van der Waals surface area contributed by atoms with E-state index in [4.69, 9.17) is 18.9 Å². The zero-order valence-electron chi connectivity index (χ0n) is 26.7. The van der Waals surface area contributed by atoms with Crippen LogP contribution in [0.2, 0.25) is 25.7 Å². The van der Waals surface area contributed by atoms with Crippen LogP contribution in [0.25, 0.3) is 0 Å². The topological polar surface area (TPSA) is 162 Å². The van der Waals surface area contributed by atoms with Gasteiger partial charge < -0.3 is 34.7 Å². The standard InChI is InChI=1S/C30H51N3O9Si/c1-30(2,3)42-25(34)17-16-23(33-29(38)40-19-20-43(5,6)7)26(35)32-24(27(36)39-4)15-11-12-18-31-28(37)41-21-22-13-9-8-10-14-22/h8-10,13-14,23-24,26,32,35H,11-12,15-21H2,1-7H3,(H,31,37)(H,33,38)/t23?,24-,26?/m0/s1. The third kappa shape index (κ3) is 18.9. The highest BCUT2D eigenvalue weighted by atomic mass is 28.3. The summed E-state index contributed by atoms with van der Waals surface area (Å²) in [7, 11) is -0.193. The maximum atomic E-state index is 12.5. The minimum Gasteiger partial charge on any atom is -0.468 e. The lowest BCUT2D eigenvalue weighted by Gasteiger charge is -2.28. The summed E-state index contributed by atoms with van der Waals surface area (Å²) in [6.45, 7) is 12.4. The van der Waals surface area contributed by atoms with Crippen molar-refractivity contribution in [1.29, 1.82) is 0 Å². The third-order valence-electron chi connectivity index (χ3n) is 6.11. The van der Waals surface area contributed by atoms with Gasteiger partial charge >= 0.3 is 24.1 Å². The summed E-state index contributed by atoms with van der Waals surface area (Å²) in [6, 6.07) is 8.23. The molecule has 0 aliphatic rings. The molecule has 0 fully saturated rings. The fraction of sp³-hybridized carbons (Fsp3) is 0.667. The second kappa shape index (κ2) is 19.2. The van der Waals surface area contributed by atoms with Gasteiger partial charge in [0.25, 0.3) is 0 Å². The minimum atomic E-state index is -1.43. The number of aliphatic hydroxyl groups excluding tert-OH is 1. The van der Waals surface area contributed by atoms with E-state index >= 15 is 0 Å². The van der Waals surface area contributed by atoms with Crippen LogP contribution in [-0.4, -0.2) is 81.5 Å². The molecule has 43 heavy (non-hydrogen) atoms. The number of alkyl carbamates (subject to hydrolysis) is 2. The summed E-state index contributed by atoms with van der Waals surface area (Å²) >= 11 is 0. The number of hydrogen-bond donors (Lipinski definition) is 4. The molecule has 13 heteroatoms. The lowest BCUT2D eigenvalue weighted by Crippen LogP contribution is -2.55. The third-order valence-corrected chi connectivity index (χ3v) is 7.81. The van der Waals surface area contributed by atoms with Gasteiger partial charge in [-0.15, -0.1) is 0 Å². The van der Waals surface area contributed by atoms with Gasteiger partial charge in [-0.25, -0.2) is 9.59 Å². The van der Waals surface area contributed by atoms with Gasteiger partial charge in [0, 0.05) is 21.0 Å². The minimum absolute atomic E-state index is 0.0368. The molecule has 0 aliphatic carbocycles. The second-order valence-electron chi connectivity index (χ2n) is 12.5. The van der Waals surface area contributed by atoms with Crippen molar-refractivity contribution in [3.8, 4) is 0 Å². The molecule has 4 N–H and O–H groups in total. The second-order valence-corrected chi connectivity index (χ2v) is 18.1. The summed E-state index contributed by atoms with van der Waals surface area (Å²) in [6.07, 6.45) is -1.39. The summed E-state index contributed by atoms with van der Waals surface area (Å²) in [5, 5.41) is 19.1. The average molecular weight is 626 g/mol. The van der Waals surface area contributed by atoms with Crippen LogP contribution in [0.1, 0.15) is 58.4 Å². The molecule has 244 valence electrons. The Bertz CT molecular complexity index is 997. The Balaban J connectivity index is 2.67. The van der Waals surface area contributed by atoms with E-state index in [1.807, 2.05) is 30.3 Å². The van der Waals surface area contributed by atoms with Crippen LogP contribution in [-0.2, 0) is 35.1 Å². The van der Waals surface area contributed by atoms with E-state index in [0.29, 0.717) is 19.4 Å².